The van der Waals surface area contributed by atoms with Crippen LogP contribution in [0, 0.1) is 20.8 Å². The Bertz CT molecular complexity index is 683. The Morgan fingerprint density at radius 2 is 1.90 bits per heavy atom. The fraction of sp³-hybridized carbons (Fsp3) is 0.500. The van der Waals surface area contributed by atoms with Crippen LogP contribution < -0.4 is 0 Å². The molecule has 0 fully saturated rings. The van der Waals surface area contributed by atoms with Crippen molar-refractivity contribution in [3.05, 3.63) is 39.1 Å². The monoisotopic (exact) mass is 308 g/mol. The normalized spacial score (nSPS) is 11.1. The minimum absolute atomic E-state index is 0.0287. The molecule has 0 saturated carbocycles. The predicted octanol–water partition coefficient (Wildman–Crippen LogP) is 4.06. The maximum Gasteiger partial charge on any atom is 0.172 e. The lowest BCUT2D eigenvalue weighted by molar-refractivity contribution is 0.0988. The van der Waals surface area contributed by atoms with E-state index in [9.17, 15) is 4.79 Å². The molecule has 2 rings (SSSR count). The minimum atomic E-state index is 0.0287. The molecule has 0 bridgehead atoms. The van der Waals surface area contributed by atoms with Gasteiger partial charge in [0.25, 0.3) is 0 Å². The van der Waals surface area contributed by atoms with Gasteiger partial charge in [-0.2, -0.15) is 5.10 Å². The topological polar surface area (TPSA) is 48.0 Å². The van der Waals surface area contributed by atoms with Crippen molar-refractivity contribution in [2.75, 3.05) is 0 Å². The van der Waals surface area contributed by atoms with E-state index in [1.807, 2.05) is 39.3 Å². The summed E-state index contributed by atoms with van der Waals surface area (Å²) in [5, 5.41) is 5.07. The highest BCUT2D eigenvalue weighted by Crippen LogP contribution is 2.26. The molecule has 0 aromatic carbocycles. The Labute approximate surface area is 130 Å². The van der Waals surface area contributed by atoms with Crippen LogP contribution in [-0.2, 0) is 19.4 Å². The van der Waals surface area contributed by atoms with E-state index >= 15 is 0 Å². The molecule has 0 N–H and O–H groups in total. The lowest BCUT2D eigenvalue weighted by Crippen LogP contribution is -2.11. The fourth-order valence-electron chi connectivity index (χ4n) is 2.63. The number of Topliss-reactive ketones (excluding diaryl/α,β-unsaturated/α-hetero) is 1. The number of nitrogens with zero attached hydrogens (tertiary/aromatic N) is 2. The average Bonchev–Trinajstić information content (AvgIpc) is 2.88. The number of carbonyl (C=O) groups excluding carboxylic acids is 1. The van der Waals surface area contributed by atoms with Crippen molar-refractivity contribution in [1.82, 2.24) is 9.78 Å². The Balaban J connectivity index is 2.38. The highest BCUT2D eigenvalue weighted by molar-refractivity contribution is 6.32. The Morgan fingerprint density at radius 3 is 2.38 bits per heavy atom. The van der Waals surface area contributed by atoms with Crippen LogP contribution in [0.2, 0.25) is 5.02 Å². The molecule has 5 heteroatoms. The highest BCUT2D eigenvalue weighted by Gasteiger charge is 2.23. The van der Waals surface area contributed by atoms with Crippen molar-refractivity contribution >= 4 is 17.4 Å². The van der Waals surface area contributed by atoms with E-state index < -0.39 is 0 Å². The van der Waals surface area contributed by atoms with Gasteiger partial charge in [-0.25, -0.2) is 0 Å². The van der Waals surface area contributed by atoms with Gasteiger partial charge in [0.1, 0.15) is 11.5 Å². The van der Waals surface area contributed by atoms with Crippen LogP contribution in [0.25, 0.3) is 0 Å². The molecule has 2 heterocycles. The lowest BCUT2D eigenvalue weighted by atomic mass is 10.0. The predicted molar refractivity (Wildman–Crippen MR) is 83.2 cm³/mol. The first-order chi connectivity index (χ1) is 9.90. The maximum atomic E-state index is 12.6. The third-order valence-corrected chi connectivity index (χ3v) is 4.30. The molecule has 2 aromatic heterocycles. The first-order valence-corrected chi connectivity index (χ1v) is 7.62. The van der Waals surface area contributed by atoms with Gasteiger partial charge in [0.05, 0.1) is 28.4 Å². The zero-order chi connectivity index (χ0) is 15.7. The SMILES string of the molecule is CCc1nn(CC)c(CC(=O)c2c(C)oc(C)c2C)c1Cl. The third kappa shape index (κ3) is 2.77. The van der Waals surface area contributed by atoms with Crippen LogP contribution in [-0.4, -0.2) is 15.6 Å². The molecule has 0 saturated heterocycles. The minimum Gasteiger partial charge on any atom is -0.466 e. The fourth-order valence-corrected chi connectivity index (χ4v) is 2.97. The first kappa shape index (κ1) is 15.8. The summed E-state index contributed by atoms with van der Waals surface area (Å²) < 4.78 is 7.36. The molecule has 114 valence electrons. The van der Waals surface area contributed by atoms with Crippen molar-refractivity contribution in [2.24, 2.45) is 0 Å². The largest absolute Gasteiger partial charge is 0.466 e. The quantitative estimate of drug-likeness (QED) is 0.782. The second kappa shape index (κ2) is 6.06. The molecule has 0 unspecified atom stereocenters. The zero-order valence-electron chi connectivity index (χ0n) is 13.2. The zero-order valence-corrected chi connectivity index (χ0v) is 14.0. The summed E-state index contributed by atoms with van der Waals surface area (Å²) >= 11 is 6.37. The molecule has 0 spiro atoms. The van der Waals surface area contributed by atoms with Crippen molar-refractivity contribution in [2.45, 2.75) is 54.0 Å². The van der Waals surface area contributed by atoms with E-state index in [0.717, 1.165) is 29.1 Å². The Hall–Kier alpha value is -1.55. The molecule has 0 aliphatic heterocycles. The van der Waals surface area contributed by atoms with E-state index in [2.05, 4.69) is 5.10 Å². The van der Waals surface area contributed by atoms with Crippen molar-refractivity contribution in [1.29, 1.82) is 0 Å². The average molecular weight is 309 g/mol. The van der Waals surface area contributed by atoms with Crippen molar-refractivity contribution < 1.29 is 9.21 Å². The Morgan fingerprint density at radius 1 is 1.24 bits per heavy atom. The number of halogens is 1. The van der Waals surface area contributed by atoms with E-state index in [4.69, 9.17) is 16.0 Å². The van der Waals surface area contributed by atoms with Gasteiger partial charge in [0, 0.05) is 12.1 Å². The summed E-state index contributed by atoms with van der Waals surface area (Å²) in [5.41, 5.74) is 3.22. The molecule has 0 aliphatic rings. The summed E-state index contributed by atoms with van der Waals surface area (Å²) in [7, 11) is 0. The van der Waals surface area contributed by atoms with Crippen LogP contribution in [0.3, 0.4) is 0 Å². The van der Waals surface area contributed by atoms with Crippen LogP contribution >= 0.6 is 11.6 Å². The van der Waals surface area contributed by atoms with E-state index in [-0.39, 0.29) is 12.2 Å². The van der Waals surface area contributed by atoms with E-state index in [0.29, 0.717) is 22.9 Å². The number of carbonyl (C=O) groups is 1. The van der Waals surface area contributed by atoms with E-state index in [1.54, 1.807) is 0 Å². The molecule has 21 heavy (non-hydrogen) atoms. The second-order valence-electron chi connectivity index (χ2n) is 5.19. The van der Waals surface area contributed by atoms with Gasteiger partial charge in [0.2, 0.25) is 0 Å². The smallest absolute Gasteiger partial charge is 0.172 e. The van der Waals surface area contributed by atoms with Crippen LogP contribution in [0.4, 0.5) is 0 Å². The number of hydrogen-bond acceptors (Lipinski definition) is 3. The molecule has 0 amide bonds. The molecule has 0 radical (unpaired) electrons. The van der Waals surface area contributed by atoms with Gasteiger partial charge in [-0.15, -0.1) is 0 Å². The van der Waals surface area contributed by atoms with Crippen molar-refractivity contribution in [3.8, 4) is 0 Å². The molecule has 0 atom stereocenters. The van der Waals surface area contributed by atoms with Gasteiger partial charge in [0.15, 0.2) is 5.78 Å². The van der Waals surface area contributed by atoms with Gasteiger partial charge in [-0.05, 0) is 34.1 Å². The number of aryl methyl sites for hydroxylation is 4. The summed E-state index contributed by atoms with van der Waals surface area (Å²) in [5.74, 6) is 1.49. The van der Waals surface area contributed by atoms with Gasteiger partial charge < -0.3 is 4.42 Å². The highest BCUT2D eigenvalue weighted by atomic mass is 35.5. The third-order valence-electron chi connectivity index (χ3n) is 3.86. The van der Waals surface area contributed by atoms with Crippen LogP contribution in [0.15, 0.2) is 4.42 Å². The summed E-state index contributed by atoms with van der Waals surface area (Å²) in [6.07, 6.45) is 1.01. The standard InChI is InChI=1S/C16H21ClN2O2/c1-6-12-16(17)13(19(7-2)18-12)8-14(20)15-9(3)10(4)21-11(15)5/h6-8H2,1-5H3. The summed E-state index contributed by atoms with van der Waals surface area (Å²) in [6.45, 7) is 10.3. The lowest BCUT2D eigenvalue weighted by Gasteiger charge is -2.05. The van der Waals surface area contributed by atoms with Gasteiger partial charge in [-0.1, -0.05) is 18.5 Å². The Kier molecular flexibility index (Phi) is 4.57. The number of furan rings is 1. The van der Waals surface area contributed by atoms with E-state index in [1.165, 1.54) is 0 Å². The number of ketones is 1. The van der Waals surface area contributed by atoms with Gasteiger partial charge >= 0.3 is 0 Å². The van der Waals surface area contributed by atoms with Gasteiger partial charge in [-0.3, -0.25) is 9.48 Å². The number of aromatic nitrogens is 2. The first-order valence-electron chi connectivity index (χ1n) is 7.24. The molecular formula is C16H21ClN2O2. The molecule has 2 aromatic rings. The molecule has 4 nitrogen and oxygen atoms in total. The van der Waals surface area contributed by atoms with Crippen LogP contribution in [0.5, 0.6) is 0 Å². The summed E-state index contributed by atoms with van der Waals surface area (Å²) in [6, 6.07) is 0. The van der Waals surface area contributed by atoms with Crippen molar-refractivity contribution in [3.63, 3.8) is 0 Å². The van der Waals surface area contributed by atoms with Crippen LogP contribution in [0.1, 0.15) is 52.7 Å². The molecular weight excluding hydrogens is 288 g/mol. The molecule has 0 aliphatic carbocycles. The summed E-state index contributed by atoms with van der Waals surface area (Å²) in [4.78, 5) is 12.6. The maximum absolute atomic E-state index is 12.6. The second-order valence-corrected chi connectivity index (χ2v) is 5.57. The number of hydrogen-bond donors (Lipinski definition) is 0. The number of rotatable bonds is 5.